The Morgan fingerprint density at radius 2 is 1.89 bits per heavy atom. The number of rotatable bonds is 2. The molecule has 0 aromatic rings. The van der Waals surface area contributed by atoms with Gasteiger partial charge in [0.1, 0.15) is 0 Å². The number of ether oxygens (including phenoxy) is 3. The Balaban J connectivity index is 1.71. The molecule has 10 atom stereocenters. The average molecular weight is 402 g/mol. The summed E-state index contributed by atoms with van der Waals surface area (Å²) in [4.78, 5) is 27.1. The molecule has 4 rings (SSSR count). The second-order valence-electron chi connectivity index (χ2n) is 8.51. The molecule has 0 amide bonds. The highest BCUT2D eigenvalue weighted by Gasteiger charge is 2.70. The minimum atomic E-state index is -1.50. The van der Waals surface area contributed by atoms with E-state index in [1.807, 2.05) is 6.92 Å². The number of nitrogens with one attached hydrogen (secondary N) is 1. The molecule has 0 radical (unpaired) electrons. The maximum Gasteiger partial charge on any atom is 0.188 e. The average Bonchev–Trinajstić information content (AvgIpc) is 2.97. The highest BCUT2D eigenvalue weighted by Crippen LogP contribution is 2.51. The van der Waals surface area contributed by atoms with Crippen LogP contribution in [0.4, 0.5) is 0 Å². The molecule has 7 nitrogen and oxygen atoms in total. The quantitative estimate of drug-likeness (QED) is 0.401. The number of alkyl halides is 1. The van der Waals surface area contributed by atoms with E-state index in [9.17, 15) is 14.8 Å². The van der Waals surface area contributed by atoms with Crippen LogP contribution in [0, 0.1) is 23.0 Å². The van der Waals surface area contributed by atoms with Gasteiger partial charge in [0.15, 0.2) is 17.2 Å². The molecule has 2 saturated carbocycles. The molecular weight excluding hydrogens is 374 g/mol. The summed E-state index contributed by atoms with van der Waals surface area (Å²) in [5.41, 5.74) is -1.50. The van der Waals surface area contributed by atoms with E-state index in [4.69, 9.17) is 25.8 Å². The van der Waals surface area contributed by atoms with Gasteiger partial charge in [0.05, 0.1) is 48.1 Å². The van der Waals surface area contributed by atoms with Gasteiger partial charge in [0.25, 0.3) is 0 Å². The maximum absolute atomic E-state index is 13.6. The van der Waals surface area contributed by atoms with Crippen molar-refractivity contribution < 1.29 is 28.9 Å². The Kier molecular flexibility index (Phi) is 5.15. The molecule has 152 valence electrons. The Labute approximate surface area is 164 Å². The molecular formula is C19H28ClNO6. The van der Waals surface area contributed by atoms with Crippen LogP contribution in [0.3, 0.4) is 0 Å². The number of quaternary nitrogens is 1. The molecule has 4 fully saturated rings. The summed E-state index contributed by atoms with van der Waals surface area (Å²) in [5, 5.41) is 12.0. The standard InChI is InChI=1S/C19H28ClNO6/c1-9-7-11-10(5-4-6-21(11)24)17(22)19(9)18(23)14-12(25-2)8-13(26-3)15(20)16(14)27-19/h9-16,21H,4-8H2,1-3H3/t9-,10?,11?,12?,13?,14?,15?,16?,19+/m1/s1. The van der Waals surface area contributed by atoms with Crippen molar-refractivity contribution in [2.75, 3.05) is 20.8 Å². The van der Waals surface area contributed by atoms with Crippen LogP contribution in [0.5, 0.6) is 0 Å². The largest absolute Gasteiger partial charge is 0.634 e. The fourth-order valence-corrected chi connectivity index (χ4v) is 6.31. The predicted molar refractivity (Wildman–Crippen MR) is 96.4 cm³/mol. The molecule has 8 unspecified atom stereocenters. The number of piperidine rings is 1. The Bertz CT molecular complexity index is 631. The summed E-state index contributed by atoms with van der Waals surface area (Å²) in [6.07, 6.45) is 1.02. The molecule has 2 aliphatic heterocycles. The first-order valence-electron chi connectivity index (χ1n) is 9.85. The van der Waals surface area contributed by atoms with Crippen molar-refractivity contribution in [3.8, 4) is 0 Å². The van der Waals surface area contributed by atoms with Crippen LogP contribution in [0.15, 0.2) is 0 Å². The first kappa shape index (κ1) is 19.7. The van der Waals surface area contributed by atoms with Gasteiger partial charge in [0.2, 0.25) is 0 Å². The molecule has 8 heteroatoms. The number of methoxy groups -OCH3 is 2. The van der Waals surface area contributed by atoms with Crippen LogP contribution in [-0.4, -0.2) is 67.7 Å². The van der Waals surface area contributed by atoms with Crippen molar-refractivity contribution in [3.05, 3.63) is 5.21 Å². The number of halogens is 1. The Morgan fingerprint density at radius 1 is 1.19 bits per heavy atom. The summed E-state index contributed by atoms with van der Waals surface area (Å²) in [6, 6.07) is -0.275. The molecule has 2 heterocycles. The van der Waals surface area contributed by atoms with E-state index in [1.54, 1.807) is 14.2 Å². The number of carbonyl (C=O) groups is 2. The Hall–Kier alpha value is -0.570. The highest BCUT2D eigenvalue weighted by molar-refractivity contribution is 6.23. The van der Waals surface area contributed by atoms with Crippen LogP contribution >= 0.6 is 11.6 Å². The first-order chi connectivity index (χ1) is 12.9. The number of hydrogen-bond acceptors (Lipinski definition) is 6. The van der Waals surface area contributed by atoms with Gasteiger partial charge in [0, 0.05) is 33.0 Å². The fraction of sp³-hybridized carbons (Fsp3) is 0.895. The summed E-state index contributed by atoms with van der Waals surface area (Å²) < 4.78 is 17.3. The molecule has 0 aromatic heterocycles. The van der Waals surface area contributed by atoms with E-state index in [1.165, 1.54) is 0 Å². The van der Waals surface area contributed by atoms with Gasteiger partial charge in [-0.2, -0.15) is 0 Å². The van der Waals surface area contributed by atoms with E-state index in [-0.39, 0.29) is 34.7 Å². The third kappa shape index (κ3) is 2.66. The minimum Gasteiger partial charge on any atom is -0.634 e. The number of hydroxylamine groups is 2. The van der Waals surface area contributed by atoms with Crippen LogP contribution in [0.25, 0.3) is 0 Å². The predicted octanol–water partition coefficient (Wildman–Crippen LogP) is 0.121. The lowest BCUT2D eigenvalue weighted by Crippen LogP contribution is -3.14. The van der Waals surface area contributed by atoms with Crippen LogP contribution in [0.2, 0.25) is 0 Å². The lowest BCUT2D eigenvalue weighted by atomic mass is 9.62. The van der Waals surface area contributed by atoms with Crippen molar-refractivity contribution in [1.82, 2.24) is 0 Å². The lowest BCUT2D eigenvalue weighted by molar-refractivity contribution is -0.886. The molecule has 1 spiro atoms. The summed E-state index contributed by atoms with van der Waals surface area (Å²) >= 11 is 6.61. The second-order valence-corrected chi connectivity index (χ2v) is 9.01. The molecule has 0 aromatic carbocycles. The molecule has 27 heavy (non-hydrogen) atoms. The summed E-state index contributed by atoms with van der Waals surface area (Å²) in [6.45, 7) is 2.38. The van der Waals surface area contributed by atoms with Gasteiger partial charge in [-0.1, -0.05) is 6.92 Å². The van der Waals surface area contributed by atoms with E-state index in [0.717, 1.165) is 0 Å². The third-order valence-corrected chi connectivity index (χ3v) is 7.86. The number of carbonyl (C=O) groups excluding carboxylic acids is 2. The lowest BCUT2D eigenvalue weighted by Gasteiger charge is -2.49. The van der Waals surface area contributed by atoms with Crippen LogP contribution < -0.4 is 5.06 Å². The third-order valence-electron chi connectivity index (χ3n) is 7.33. The van der Waals surface area contributed by atoms with Gasteiger partial charge >= 0.3 is 0 Å². The normalized spacial score (nSPS) is 52.7. The maximum atomic E-state index is 13.6. The SMILES string of the molecule is COC1CC(OC)C2C(=O)[C@@]3(OC2C1Cl)C(=O)C1CCC[NH+]([O-])C1C[C@H]3C. The fourth-order valence-electron chi connectivity index (χ4n) is 5.89. The number of hydrogen-bond donors (Lipinski definition) is 1. The van der Waals surface area contributed by atoms with Gasteiger partial charge < -0.3 is 24.5 Å². The van der Waals surface area contributed by atoms with Crippen molar-refractivity contribution in [2.24, 2.45) is 17.8 Å². The molecule has 4 aliphatic rings. The molecule has 0 bridgehead atoms. The summed E-state index contributed by atoms with van der Waals surface area (Å²) in [7, 11) is 3.13. The monoisotopic (exact) mass is 401 g/mol. The molecule has 1 N–H and O–H groups in total. The second kappa shape index (κ2) is 7.04. The zero-order chi connectivity index (χ0) is 19.5. The van der Waals surface area contributed by atoms with Gasteiger partial charge in [-0.25, -0.2) is 0 Å². The first-order valence-corrected chi connectivity index (χ1v) is 10.3. The van der Waals surface area contributed by atoms with Crippen LogP contribution in [0.1, 0.15) is 32.6 Å². The minimum absolute atomic E-state index is 0.147. The van der Waals surface area contributed by atoms with Gasteiger partial charge in [-0.3, -0.25) is 9.59 Å². The zero-order valence-electron chi connectivity index (χ0n) is 16.0. The number of Topliss-reactive ketones (excluding diaryl/α,β-unsaturated/α-hetero) is 2. The molecule has 2 aliphatic carbocycles. The topological polar surface area (TPSA) is 89.3 Å². The van der Waals surface area contributed by atoms with E-state index < -0.39 is 35.0 Å². The van der Waals surface area contributed by atoms with Gasteiger partial charge in [-0.15, -0.1) is 11.6 Å². The van der Waals surface area contributed by atoms with Crippen molar-refractivity contribution in [3.63, 3.8) is 0 Å². The van der Waals surface area contributed by atoms with Crippen molar-refractivity contribution in [1.29, 1.82) is 0 Å². The molecule has 2 saturated heterocycles. The smallest absolute Gasteiger partial charge is 0.188 e. The van der Waals surface area contributed by atoms with E-state index in [2.05, 4.69) is 0 Å². The van der Waals surface area contributed by atoms with E-state index in [0.29, 0.717) is 32.2 Å². The van der Waals surface area contributed by atoms with Crippen molar-refractivity contribution in [2.45, 2.75) is 67.9 Å². The highest BCUT2D eigenvalue weighted by atomic mass is 35.5. The summed E-state index contributed by atoms with van der Waals surface area (Å²) in [5.74, 6) is -1.78. The van der Waals surface area contributed by atoms with Crippen LogP contribution in [-0.2, 0) is 23.8 Å². The number of fused-ring (bicyclic) bond motifs is 2. The number of ketones is 2. The van der Waals surface area contributed by atoms with Crippen molar-refractivity contribution >= 4 is 23.2 Å². The van der Waals surface area contributed by atoms with Gasteiger partial charge in [-0.05, 0) is 12.8 Å². The van der Waals surface area contributed by atoms with E-state index >= 15 is 0 Å². The zero-order valence-corrected chi connectivity index (χ0v) is 16.7. The Morgan fingerprint density at radius 3 is 2.56 bits per heavy atom.